The van der Waals surface area contributed by atoms with Gasteiger partial charge in [-0.3, -0.25) is 9.47 Å². The maximum Gasteiger partial charge on any atom is 0.267 e. The van der Waals surface area contributed by atoms with Gasteiger partial charge in [0.15, 0.2) is 0 Å². The zero-order chi connectivity index (χ0) is 10.1. The lowest BCUT2D eigenvalue weighted by Crippen LogP contribution is -2.21. The van der Waals surface area contributed by atoms with Crippen LogP contribution in [0.1, 0.15) is 10.5 Å². The van der Waals surface area contributed by atoms with Crippen LogP contribution in [-0.4, -0.2) is 17.6 Å². The van der Waals surface area contributed by atoms with Gasteiger partial charge in [-0.2, -0.15) is 0 Å². The Morgan fingerprint density at radius 3 is 2.79 bits per heavy atom. The summed E-state index contributed by atoms with van der Waals surface area (Å²) in [5.74, 6) is -0.435. The van der Waals surface area contributed by atoms with Crippen LogP contribution in [0.2, 0.25) is 0 Å². The number of para-hydroxylation sites is 1. The quantitative estimate of drug-likeness (QED) is 0.737. The highest BCUT2D eigenvalue weighted by Gasteiger charge is 2.10. The van der Waals surface area contributed by atoms with Crippen molar-refractivity contribution in [1.82, 2.24) is 4.68 Å². The van der Waals surface area contributed by atoms with Crippen molar-refractivity contribution >= 4 is 16.8 Å². The molecule has 1 heterocycles. The minimum atomic E-state index is -0.435. The van der Waals surface area contributed by atoms with Crippen LogP contribution in [0.4, 0.5) is 0 Å². The number of nitrogens with one attached hydrogen (secondary N) is 1. The number of amides is 1. The van der Waals surface area contributed by atoms with E-state index >= 15 is 0 Å². The van der Waals surface area contributed by atoms with Crippen LogP contribution in [0, 0.1) is 0 Å². The van der Waals surface area contributed by atoms with Crippen molar-refractivity contribution in [2.75, 3.05) is 12.5 Å². The zero-order valence-electron chi connectivity index (χ0n) is 7.82. The highest BCUT2D eigenvalue weighted by molar-refractivity contribution is 5.97. The molecule has 0 atom stereocenters. The highest BCUT2D eigenvalue weighted by atomic mass is 16.1. The number of benzene rings is 1. The zero-order valence-corrected chi connectivity index (χ0v) is 7.82. The summed E-state index contributed by atoms with van der Waals surface area (Å²) in [5, 5.41) is 0.996. The Hall–Kier alpha value is -1.97. The predicted octanol–water partition coefficient (Wildman–Crippen LogP) is 0.913. The molecule has 4 nitrogen and oxygen atoms in total. The molecule has 0 saturated carbocycles. The second-order valence-corrected chi connectivity index (χ2v) is 3.01. The monoisotopic (exact) mass is 189 g/mol. The molecule has 1 amide bonds. The van der Waals surface area contributed by atoms with Crippen molar-refractivity contribution in [3.8, 4) is 0 Å². The Kier molecular flexibility index (Phi) is 1.89. The van der Waals surface area contributed by atoms with Gasteiger partial charge in [0, 0.05) is 12.4 Å². The third kappa shape index (κ3) is 1.12. The van der Waals surface area contributed by atoms with Gasteiger partial charge in [-0.05, 0) is 12.1 Å². The molecule has 0 radical (unpaired) electrons. The van der Waals surface area contributed by atoms with Crippen molar-refractivity contribution in [2.24, 2.45) is 5.73 Å². The SMILES string of the molecule is CNn1c(C(N)=O)cc2ccccc21. The molecule has 0 saturated heterocycles. The molecule has 0 aliphatic heterocycles. The molecule has 4 heteroatoms. The van der Waals surface area contributed by atoms with Crippen molar-refractivity contribution in [1.29, 1.82) is 0 Å². The average molecular weight is 189 g/mol. The number of carbonyl (C=O) groups excluding carboxylic acids is 1. The number of hydrogen-bond donors (Lipinski definition) is 2. The van der Waals surface area contributed by atoms with Gasteiger partial charge in [0.25, 0.3) is 5.91 Å². The Labute approximate surface area is 81.3 Å². The molecule has 1 aromatic heterocycles. The number of nitrogens with two attached hydrogens (primary N) is 1. The average Bonchev–Trinajstić information content (AvgIpc) is 2.56. The first-order valence-electron chi connectivity index (χ1n) is 4.32. The second kappa shape index (κ2) is 3.06. The van der Waals surface area contributed by atoms with E-state index in [2.05, 4.69) is 5.43 Å². The Morgan fingerprint density at radius 2 is 2.14 bits per heavy atom. The molecular weight excluding hydrogens is 178 g/mol. The smallest absolute Gasteiger partial charge is 0.267 e. The molecule has 0 aliphatic carbocycles. The van der Waals surface area contributed by atoms with E-state index in [1.54, 1.807) is 17.8 Å². The minimum Gasteiger partial charge on any atom is -0.364 e. The topological polar surface area (TPSA) is 60.1 Å². The van der Waals surface area contributed by atoms with E-state index in [0.717, 1.165) is 10.9 Å². The number of carbonyl (C=O) groups is 1. The number of rotatable bonds is 2. The van der Waals surface area contributed by atoms with Crippen molar-refractivity contribution in [3.05, 3.63) is 36.0 Å². The summed E-state index contributed by atoms with van der Waals surface area (Å²) in [4.78, 5) is 11.1. The predicted molar refractivity (Wildman–Crippen MR) is 55.7 cm³/mol. The normalized spacial score (nSPS) is 10.4. The lowest BCUT2D eigenvalue weighted by molar-refractivity contribution is 0.0993. The van der Waals surface area contributed by atoms with E-state index in [-0.39, 0.29) is 0 Å². The summed E-state index contributed by atoms with van der Waals surface area (Å²) in [7, 11) is 1.75. The first-order valence-corrected chi connectivity index (χ1v) is 4.32. The van der Waals surface area contributed by atoms with Crippen LogP contribution >= 0.6 is 0 Å². The van der Waals surface area contributed by atoms with E-state index in [1.165, 1.54) is 0 Å². The number of fused-ring (bicyclic) bond motifs is 1. The van der Waals surface area contributed by atoms with Gasteiger partial charge in [0.05, 0.1) is 5.52 Å². The van der Waals surface area contributed by atoms with Gasteiger partial charge in [-0.25, -0.2) is 0 Å². The molecule has 0 bridgehead atoms. The van der Waals surface area contributed by atoms with Gasteiger partial charge < -0.3 is 11.2 Å². The summed E-state index contributed by atoms with van der Waals surface area (Å²) < 4.78 is 1.68. The number of nitrogens with zero attached hydrogens (tertiary/aromatic N) is 1. The van der Waals surface area contributed by atoms with Gasteiger partial charge in [0.1, 0.15) is 5.69 Å². The lowest BCUT2D eigenvalue weighted by atomic mass is 10.2. The number of aromatic nitrogens is 1. The van der Waals surface area contributed by atoms with Gasteiger partial charge in [0.2, 0.25) is 0 Å². The molecule has 0 fully saturated rings. The number of primary amides is 1. The lowest BCUT2D eigenvalue weighted by Gasteiger charge is -2.06. The molecule has 0 aliphatic rings. The largest absolute Gasteiger partial charge is 0.364 e. The molecular formula is C10H11N3O. The van der Waals surface area contributed by atoms with Crippen LogP contribution in [0.5, 0.6) is 0 Å². The van der Waals surface area contributed by atoms with Crippen molar-refractivity contribution < 1.29 is 4.79 Å². The van der Waals surface area contributed by atoms with Crippen molar-refractivity contribution in [2.45, 2.75) is 0 Å². The summed E-state index contributed by atoms with van der Waals surface area (Å²) >= 11 is 0. The Bertz CT molecular complexity index is 487. The highest BCUT2D eigenvalue weighted by Crippen LogP contribution is 2.17. The summed E-state index contributed by atoms with van der Waals surface area (Å²) in [6, 6.07) is 9.48. The Balaban J connectivity index is 2.78. The summed E-state index contributed by atoms with van der Waals surface area (Å²) in [6.07, 6.45) is 0. The molecule has 1 aromatic carbocycles. The van der Waals surface area contributed by atoms with Crippen LogP contribution in [-0.2, 0) is 0 Å². The second-order valence-electron chi connectivity index (χ2n) is 3.01. The third-order valence-electron chi connectivity index (χ3n) is 2.19. The van der Waals surface area contributed by atoms with E-state index in [9.17, 15) is 4.79 Å². The van der Waals surface area contributed by atoms with Crippen LogP contribution in [0.3, 0.4) is 0 Å². The maximum absolute atomic E-state index is 11.1. The molecule has 2 rings (SSSR count). The van der Waals surface area contributed by atoms with E-state index in [4.69, 9.17) is 5.73 Å². The molecule has 14 heavy (non-hydrogen) atoms. The first-order chi connectivity index (χ1) is 6.74. The third-order valence-corrected chi connectivity index (χ3v) is 2.19. The first kappa shape index (κ1) is 8.62. The molecule has 0 spiro atoms. The van der Waals surface area contributed by atoms with E-state index in [0.29, 0.717) is 5.69 Å². The van der Waals surface area contributed by atoms with Gasteiger partial charge in [-0.1, -0.05) is 18.2 Å². The minimum absolute atomic E-state index is 0.435. The fraction of sp³-hybridized carbons (Fsp3) is 0.100. The molecule has 0 unspecified atom stereocenters. The van der Waals surface area contributed by atoms with Gasteiger partial charge >= 0.3 is 0 Å². The van der Waals surface area contributed by atoms with E-state index < -0.39 is 5.91 Å². The van der Waals surface area contributed by atoms with Crippen LogP contribution in [0.15, 0.2) is 30.3 Å². The van der Waals surface area contributed by atoms with E-state index in [1.807, 2.05) is 24.3 Å². The van der Waals surface area contributed by atoms with Crippen LogP contribution < -0.4 is 11.2 Å². The van der Waals surface area contributed by atoms with Crippen molar-refractivity contribution in [3.63, 3.8) is 0 Å². The molecule has 72 valence electrons. The fourth-order valence-electron chi connectivity index (χ4n) is 1.58. The number of hydrogen-bond acceptors (Lipinski definition) is 2. The maximum atomic E-state index is 11.1. The summed E-state index contributed by atoms with van der Waals surface area (Å²) in [5.41, 5.74) is 9.58. The Morgan fingerprint density at radius 1 is 1.43 bits per heavy atom. The fourth-order valence-corrected chi connectivity index (χ4v) is 1.58. The van der Waals surface area contributed by atoms with Gasteiger partial charge in [-0.15, -0.1) is 0 Å². The standard InChI is InChI=1S/C10H11N3O/c1-12-13-8-5-3-2-4-7(8)6-9(13)10(11)14/h2-6,12H,1H3,(H2,11,14). The van der Waals surface area contributed by atoms with Crippen LogP contribution in [0.25, 0.3) is 10.9 Å². The molecule has 2 aromatic rings. The summed E-state index contributed by atoms with van der Waals surface area (Å²) in [6.45, 7) is 0. The molecule has 3 N–H and O–H groups in total.